The number of Topliss-reactive ketones (excluding diaryl/α,β-unsaturated/α-hetero) is 1. The Hall–Kier alpha value is -2.92. The SMILES string of the molecule is CCOC(CCn1c(SCC(=O)c2ccc(O)c(O)c2)nc2c(sc3ccccc32)c1=O)OCC. The van der Waals surface area contributed by atoms with E-state index in [0.717, 1.165) is 21.8 Å². The molecule has 0 saturated carbocycles. The van der Waals surface area contributed by atoms with Crippen LogP contribution in [0, 0.1) is 0 Å². The molecule has 2 aromatic heterocycles. The molecular formula is C25H26N2O6S2. The third kappa shape index (κ3) is 5.51. The van der Waals surface area contributed by atoms with E-state index in [1.807, 2.05) is 38.1 Å². The number of aromatic nitrogens is 2. The lowest BCUT2D eigenvalue weighted by atomic mass is 10.1. The van der Waals surface area contributed by atoms with Crippen LogP contribution in [0.1, 0.15) is 30.6 Å². The number of rotatable bonds is 11. The van der Waals surface area contributed by atoms with Crippen LogP contribution < -0.4 is 5.56 Å². The van der Waals surface area contributed by atoms with Gasteiger partial charge in [0.1, 0.15) is 4.70 Å². The number of phenols is 2. The zero-order valence-corrected chi connectivity index (χ0v) is 21.0. The molecule has 0 aliphatic heterocycles. The van der Waals surface area contributed by atoms with Crippen molar-refractivity contribution in [3.8, 4) is 11.5 Å². The van der Waals surface area contributed by atoms with Crippen LogP contribution in [0.2, 0.25) is 0 Å². The van der Waals surface area contributed by atoms with Crippen molar-refractivity contribution >= 4 is 49.2 Å². The first-order valence-corrected chi connectivity index (χ1v) is 13.1. The lowest BCUT2D eigenvalue weighted by Gasteiger charge is -2.18. The van der Waals surface area contributed by atoms with Gasteiger partial charge in [-0.1, -0.05) is 30.0 Å². The first-order chi connectivity index (χ1) is 16.9. The van der Waals surface area contributed by atoms with E-state index in [0.29, 0.717) is 41.6 Å². The molecule has 0 radical (unpaired) electrons. The zero-order chi connectivity index (χ0) is 24.9. The average molecular weight is 515 g/mol. The molecule has 2 N–H and O–H groups in total. The van der Waals surface area contributed by atoms with Crippen LogP contribution in [0.25, 0.3) is 20.3 Å². The Balaban J connectivity index is 1.69. The predicted molar refractivity (Wildman–Crippen MR) is 138 cm³/mol. The smallest absolute Gasteiger partial charge is 0.272 e. The average Bonchev–Trinajstić information content (AvgIpc) is 3.23. The Morgan fingerprint density at radius 2 is 1.86 bits per heavy atom. The molecule has 0 bridgehead atoms. The predicted octanol–water partition coefficient (Wildman–Crippen LogP) is 4.79. The molecule has 2 aromatic carbocycles. The minimum atomic E-state index is -0.450. The Bertz CT molecular complexity index is 1410. The van der Waals surface area contributed by atoms with Gasteiger partial charge < -0.3 is 19.7 Å². The second-order valence-corrected chi connectivity index (χ2v) is 9.67. The number of ketones is 1. The summed E-state index contributed by atoms with van der Waals surface area (Å²) in [6.45, 7) is 5.07. The number of thiophene rings is 1. The highest BCUT2D eigenvalue weighted by atomic mass is 32.2. The summed E-state index contributed by atoms with van der Waals surface area (Å²) in [6.07, 6.45) is 0.00182. The molecule has 8 nitrogen and oxygen atoms in total. The minimum absolute atomic E-state index is 0.00454. The highest BCUT2D eigenvalue weighted by molar-refractivity contribution is 7.99. The van der Waals surface area contributed by atoms with Gasteiger partial charge >= 0.3 is 0 Å². The second kappa shape index (κ2) is 11.2. The molecule has 10 heteroatoms. The molecule has 0 saturated heterocycles. The number of phenolic OH excluding ortho intramolecular Hbond substituents is 2. The largest absolute Gasteiger partial charge is 0.504 e. The number of nitrogens with zero attached hydrogens (tertiary/aromatic N) is 2. The molecular weight excluding hydrogens is 488 g/mol. The molecule has 0 unspecified atom stereocenters. The summed E-state index contributed by atoms with van der Waals surface area (Å²) in [4.78, 5) is 31.1. The Labute approximate surface area is 210 Å². The number of fused-ring (bicyclic) bond motifs is 3. The summed E-state index contributed by atoms with van der Waals surface area (Å²) in [5.41, 5.74) is 0.715. The molecule has 35 heavy (non-hydrogen) atoms. The zero-order valence-electron chi connectivity index (χ0n) is 19.4. The summed E-state index contributed by atoms with van der Waals surface area (Å²) in [7, 11) is 0. The maximum atomic E-state index is 13.5. The molecule has 4 aromatic rings. The standard InChI is InChI=1S/C25H26N2O6S2/c1-3-32-21(33-4-2)11-12-27-24(31)23-22(16-7-5-6-8-20(16)35-23)26-25(27)34-14-19(30)15-9-10-17(28)18(29)13-15/h5-10,13,21,28-29H,3-4,11-12,14H2,1-2H3. The second-order valence-electron chi connectivity index (χ2n) is 7.67. The van der Waals surface area contributed by atoms with Crippen LogP contribution in [0.5, 0.6) is 11.5 Å². The number of ether oxygens (including phenoxy) is 2. The van der Waals surface area contributed by atoms with Gasteiger partial charge in [0.25, 0.3) is 5.56 Å². The van der Waals surface area contributed by atoms with Crippen molar-refractivity contribution in [3.63, 3.8) is 0 Å². The quantitative estimate of drug-likeness (QED) is 0.0967. The fraction of sp³-hybridized carbons (Fsp3) is 0.320. The molecule has 0 fully saturated rings. The minimum Gasteiger partial charge on any atom is -0.504 e. The number of hydrogen-bond donors (Lipinski definition) is 2. The van der Waals surface area contributed by atoms with E-state index in [-0.39, 0.29) is 34.2 Å². The maximum Gasteiger partial charge on any atom is 0.272 e. The van der Waals surface area contributed by atoms with Crippen molar-refractivity contribution in [1.29, 1.82) is 0 Å². The summed E-state index contributed by atoms with van der Waals surface area (Å²) in [6, 6.07) is 11.7. The highest BCUT2D eigenvalue weighted by Crippen LogP contribution is 2.32. The number of carbonyl (C=O) groups excluding carboxylic acids is 1. The van der Waals surface area contributed by atoms with Gasteiger partial charge in [0, 0.05) is 41.8 Å². The Kier molecular flexibility index (Phi) is 8.07. The van der Waals surface area contributed by atoms with Crippen molar-refractivity contribution in [2.24, 2.45) is 0 Å². The summed E-state index contributed by atoms with van der Waals surface area (Å²) < 4.78 is 14.4. The molecule has 0 aliphatic rings. The van der Waals surface area contributed by atoms with Gasteiger partial charge in [-0.25, -0.2) is 4.98 Å². The lowest BCUT2D eigenvalue weighted by molar-refractivity contribution is -0.141. The van der Waals surface area contributed by atoms with E-state index in [1.54, 1.807) is 4.57 Å². The van der Waals surface area contributed by atoms with Crippen LogP contribution >= 0.6 is 23.1 Å². The Morgan fingerprint density at radius 1 is 1.11 bits per heavy atom. The van der Waals surface area contributed by atoms with Gasteiger partial charge in [-0.2, -0.15) is 0 Å². The number of hydrogen-bond acceptors (Lipinski definition) is 9. The van der Waals surface area contributed by atoms with Gasteiger partial charge in [0.2, 0.25) is 0 Å². The van der Waals surface area contributed by atoms with Crippen LogP contribution in [-0.4, -0.2) is 50.8 Å². The maximum absolute atomic E-state index is 13.5. The van der Waals surface area contributed by atoms with E-state index < -0.39 is 6.29 Å². The molecule has 2 heterocycles. The van der Waals surface area contributed by atoms with E-state index in [2.05, 4.69) is 0 Å². The van der Waals surface area contributed by atoms with Crippen LogP contribution in [0.4, 0.5) is 0 Å². The van der Waals surface area contributed by atoms with Gasteiger partial charge in [-0.3, -0.25) is 14.2 Å². The van der Waals surface area contributed by atoms with Crippen LogP contribution in [0.3, 0.4) is 0 Å². The topological polar surface area (TPSA) is 111 Å². The molecule has 0 aliphatic carbocycles. The Morgan fingerprint density at radius 3 is 2.57 bits per heavy atom. The first kappa shape index (κ1) is 25.2. The molecule has 184 valence electrons. The van der Waals surface area contributed by atoms with Crippen molar-refractivity contribution in [2.45, 2.75) is 38.3 Å². The number of carbonyl (C=O) groups is 1. The number of benzene rings is 2. The number of aromatic hydroxyl groups is 2. The van der Waals surface area contributed by atoms with Crippen molar-refractivity contribution in [2.75, 3.05) is 19.0 Å². The monoisotopic (exact) mass is 514 g/mol. The summed E-state index contributed by atoms with van der Waals surface area (Å²) in [5, 5.41) is 20.6. The van der Waals surface area contributed by atoms with Crippen LogP contribution in [-0.2, 0) is 16.0 Å². The van der Waals surface area contributed by atoms with Gasteiger partial charge in [-0.05, 0) is 38.1 Å². The highest BCUT2D eigenvalue weighted by Gasteiger charge is 2.19. The van der Waals surface area contributed by atoms with E-state index in [1.165, 1.54) is 29.5 Å². The van der Waals surface area contributed by atoms with E-state index in [9.17, 15) is 19.8 Å². The third-order valence-corrected chi connectivity index (χ3v) is 7.49. The van der Waals surface area contributed by atoms with Gasteiger partial charge in [0.15, 0.2) is 28.7 Å². The van der Waals surface area contributed by atoms with Crippen molar-refractivity contribution < 1.29 is 24.5 Å². The van der Waals surface area contributed by atoms with Gasteiger partial charge in [0.05, 0.1) is 11.3 Å². The molecule has 0 spiro atoms. The summed E-state index contributed by atoms with van der Waals surface area (Å²) in [5.74, 6) is -0.912. The summed E-state index contributed by atoms with van der Waals surface area (Å²) >= 11 is 2.56. The fourth-order valence-corrected chi connectivity index (χ4v) is 5.70. The number of thioether (sulfide) groups is 1. The lowest BCUT2D eigenvalue weighted by Crippen LogP contribution is -2.27. The van der Waals surface area contributed by atoms with Crippen LogP contribution in [0.15, 0.2) is 52.4 Å². The van der Waals surface area contributed by atoms with Crippen molar-refractivity contribution in [3.05, 3.63) is 58.4 Å². The van der Waals surface area contributed by atoms with E-state index >= 15 is 0 Å². The fourth-order valence-electron chi connectivity index (χ4n) is 3.69. The molecule has 0 atom stereocenters. The van der Waals surface area contributed by atoms with Crippen molar-refractivity contribution in [1.82, 2.24) is 9.55 Å². The third-order valence-electron chi connectivity index (χ3n) is 5.37. The molecule has 4 rings (SSSR count). The van der Waals surface area contributed by atoms with Gasteiger partial charge in [-0.15, -0.1) is 11.3 Å². The first-order valence-electron chi connectivity index (χ1n) is 11.3. The normalized spacial score (nSPS) is 11.6. The molecule has 0 amide bonds. The van der Waals surface area contributed by atoms with E-state index in [4.69, 9.17) is 14.5 Å².